The van der Waals surface area contributed by atoms with Gasteiger partial charge in [-0.2, -0.15) is 9.57 Å². The van der Waals surface area contributed by atoms with Gasteiger partial charge in [0, 0.05) is 25.0 Å². The van der Waals surface area contributed by atoms with E-state index in [1.165, 1.54) is 47.8 Å². The summed E-state index contributed by atoms with van der Waals surface area (Å²) in [5.74, 6) is 0.213. The quantitative estimate of drug-likeness (QED) is 0.567. The number of rotatable bonds is 5. The fourth-order valence-corrected chi connectivity index (χ4v) is 6.73. The molecule has 1 amide bonds. The van der Waals surface area contributed by atoms with Crippen LogP contribution >= 0.6 is 0 Å². The van der Waals surface area contributed by atoms with Gasteiger partial charge in [-0.05, 0) is 62.1 Å². The number of benzene rings is 2. The third-order valence-electron chi connectivity index (χ3n) is 7.22. The zero-order valence-corrected chi connectivity index (χ0v) is 20.4. The lowest BCUT2D eigenvalue weighted by Gasteiger charge is -2.31. The van der Waals surface area contributed by atoms with Crippen LogP contribution in [0.5, 0.6) is 0 Å². The summed E-state index contributed by atoms with van der Waals surface area (Å²) in [6.45, 7) is 0.554. The molecular formula is C26H29N5O3S. The van der Waals surface area contributed by atoms with Gasteiger partial charge in [0.2, 0.25) is 21.9 Å². The minimum absolute atomic E-state index is 0.104. The first-order valence-corrected chi connectivity index (χ1v) is 13.7. The molecular weight excluding hydrogens is 462 g/mol. The number of nitrogens with zero attached hydrogens (tertiary/aromatic N) is 4. The summed E-state index contributed by atoms with van der Waals surface area (Å²) in [6, 6.07) is 16.2. The molecule has 2 fully saturated rings. The van der Waals surface area contributed by atoms with E-state index in [0.717, 1.165) is 23.9 Å². The average Bonchev–Trinajstić information content (AvgIpc) is 3.27. The first kappa shape index (κ1) is 23.5. The van der Waals surface area contributed by atoms with Gasteiger partial charge in [0.25, 0.3) is 0 Å². The molecule has 3 aromatic rings. The molecule has 1 aromatic heterocycles. The molecule has 0 bridgehead atoms. The topological polar surface area (TPSA) is 108 Å². The zero-order chi connectivity index (χ0) is 24.4. The van der Waals surface area contributed by atoms with Crippen LogP contribution in [0.1, 0.15) is 56.6 Å². The first-order valence-electron chi connectivity index (χ1n) is 12.3. The van der Waals surface area contributed by atoms with Crippen LogP contribution < -0.4 is 5.32 Å². The third kappa shape index (κ3) is 4.68. The fourth-order valence-electron chi connectivity index (χ4n) is 5.26. The van der Waals surface area contributed by atoms with Crippen molar-refractivity contribution < 1.29 is 13.2 Å². The predicted molar refractivity (Wildman–Crippen MR) is 133 cm³/mol. The summed E-state index contributed by atoms with van der Waals surface area (Å²) in [5, 5.41) is 12.0. The van der Waals surface area contributed by atoms with E-state index in [1.54, 1.807) is 0 Å². The van der Waals surface area contributed by atoms with Crippen LogP contribution in [0.15, 0.2) is 53.4 Å². The molecule has 8 nitrogen and oxygen atoms in total. The van der Waals surface area contributed by atoms with Gasteiger partial charge in [0.15, 0.2) is 0 Å². The van der Waals surface area contributed by atoms with Crippen molar-refractivity contribution in [1.29, 1.82) is 5.26 Å². The van der Waals surface area contributed by atoms with E-state index >= 15 is 0 Å². The van der Waals surface area contributed by atoms with Gasteiger partial charge >= 0.3 is 0 Å². The molecule has 1 saturated carbocycles. The SMILES string of the molecule is N#Cc1ccc(S(=O)(=O)N2CCC(C(=O)Nc3nc4ccccc4n3C3CCCCC3)CC2)cc1. The standard InChI is InChI=1S/C26H29N5O3S/c27-18-19-10-12-22(13-11-19)35(33,34)30-16-14-20(15-17-30)25(32)29-26-28-23-8-4-5-9-24(23)31(26)21-6-2-1-3-7-21/h4-5,8-13,20-21H,1-3,6-7,14-17H2,(H,28,29,32). The van der Waals surface area contributed by atoms with Crippen LogP contribution in [-0.4, -0.2) is 41.3 Å². The Kier molecular flexibility index (Phi) is 6.58. The minimum atomic E-state index is -3.66. The number of hydrogen-bond donors (Lipinski definition) is 1. The average molecular weight is 492 g/mol. The Labute approximate surface area is 205 Å². The molecule has 0 atom stereocenters. The van der Waals surface area contributed by atoms with Gasteiger partial charge in [-0.1, -0.05) is 31.4 Å². The lowest BCUT2D eigenvalue weighted by atomic mass is 9.95. The van der Waals surface area contributed by atoms with Crippen molar-refractivity contribution in [1.82, 2.24) is 13.9 Å². The number of para-hydroxylation sites is 2. The molecule has 9 heteroatoms. The monoisotopic (exact) mass is 491 g/mol. The number of carbonyl (C=O) groups excluding carboxylic acids is 1. The summed E-state index contributed by atoms with van der Waals surface area (Å²) in [4.78, 5) is 18.1. The van der Waals surface area contributed by atoms with Crippen LogP contribution in [0.25, 0.3) is 11.0 Å². The van der Waals surface area contributed by atoms with Crippen molar-refractivity contribution in [3.8, 4) is 6.07 Å². The number of nitrogens with one attached hydrogen (secondary N) is 1. The zero-order valence-electron chi connectivity index (χ0n) is 19.6. The Morgan fingerprint density at radius 1 is 0.971 bits per heavy atom. The Hall–Kier alpha value is -3.22. The van der Waals surface area contributed by atoms with Crippen LogP contribution in [0, 0.1) is 17.2 Å². The molecule has 0 spiro atoms. The van der Waals surface area contributed by atoms with E-state index < -0.39 is 10.0 Å². The lowest BCUT2D eigenvalue weighted by molar-refractivity contribution is -0.121. The highest BCUT2D eigenvalue weighted by Crippen LogP contribution is 2.34. The van der Waals surface area contributed by atoms with Crippen LogP contribution in [0.3, 0.4) is 0 Å². The molecule has 35 heavy (non-hydrogen) atoms. The van der Waals surface area contributed by atoms with Crippen molar-refractivity contribution in [2.24, 2.45) is 5.92 Å². The summed E-state index contributed by atoms with van der Waals surface area (Å²) in [6.07, 6.45) is 6.65. The molecule has 1 saturated heterocycles. The molecule has 1 aliphatic heterocycles. The summed E-state index contributed by atoms with van der Waals surface area (Å²) < 4.78 is 29.6. The fraction of sp³-hybridized carbons (Fsp3) is 0.423. The minimum Gasteiger partial charge on any atom is -0.307 e. The van der Waals surface area contributed by atoms with Crippen LogP contribution in [-0.2, 0) is 14.8 Å². The maximum atomic E-state index is 13.2. The van der Waals surface area contributed by atoms with Crippen LogP contribution in [0.2, 0.25) is 0 Å². The van der Waals surface area contributed by atoms with Crippen molar-refractivity contribution in [3.63, 3.8) is 0 Å². The first-order chi connectivity index (χ1) is 17.0. The second kappa shape index (κ2) is 9.80. The number of imidazole rings is 1. The predicted octanol–water partition coefficient (Wildman–Crippen LogP) is 4.45. The number of piperidine rings is 1. The second-order valence-corrected chi connectivity index (χ2v) is 11.3. The molecule has 1 aliphatic carbocycles. The van der Waals surface area contributed by atoms with Gasteiger partial charge in [-0.25, -0.2) is 13.4 Å². The highest BCUT2D eigenvalue weighted by atomic mass is 32.2. The Morgan fingerprint density at radius 3 is 2.34 bits per heavy atom. The largest absolute Gasteiger partial charge is 0.307 e. The number of nitriles is 1. The molecule has 2 heterocycles. The van der Waals surface area contributed by atoms with E-state index in [1.807, 2.05) is 24.3 Å². The Balaban J connectivity index is 1.28. The van der Waals surface area contributed by atoms with Gasteiger partial charge in [-0.3, -0.25) is 10.1 Å². The number of sulfonamides is 1. The highest BCUT2D eigenvalue weighted by molar-refractivity contribution is 7.89. The van der Waals surface area contributed by atoms with Gasteiger partial charge in [0.05, 0.1) is 27.6 Å². The Morgan fingerprint density at radius 2 is 1.66 bits per heavy atom. The molecule has 182 valence electrons. The van der Waals surface area contributed by atoms with Gasteiger partial charge in [0.1, 0.15) is 0 Å². The Bertz CT molecular complexity index is 1360. The van der Waals surface area contributed by atoms with Crippen LogP contribution in [0.4, 0.5) is 5.95 Å². The lowest BCUT2D eigenvalue weighted by Crippen LogP contribution is -2.41. The molecule has 2 aliphatic rings. The molecule has 5 rings (SSSR count). The number of amides is 1. The van der Waals surface area contributed by atoms with Crippen molar-refractivity contribution in [2.45, 2.75) is 55.9 Å². The molecule has 0 radical (unpaired) electrons. The number of carbonyl (C=O) groups is 1. The maximum absolute atomic E-state index is 13.2. The van der Waals surface area contributed by atoms with E-state index in [9.17, 15) is 13.2 Å². The van der Waals surface area contributed by atoms with E-state index in [-0.39, 0.29) is 29.8 Å². The number of hydrogen-bond acceptors (Lipinski definition) is 5. The van der Waals surface area contributed by atoms with Crippen molar-refractivity contribution in [2.75, 3.05) is 18.4 Å². The highest BCUT2D eigenvalue weighted by Gasteiger charge is 2.33. The van der Waals surface area contributed by atoms with E-state index in [2.05, 4.69) is 16.0 Å². The smallest absolute Gasteiger partial charge is 0.243 e. The van der Waals surface area contributed by atoms with E-state index in [4.69, 9.17) is 10.2 Å². The summed E-state index contributed by atoms with van der Waals surface area (Å²) in [7, 11) is -3.66. The van der Waals surface area contributed by atoms with E-state index in [0.29, 0.717) is 30.4 Å². The molecule has 1 N–H and O–H groups in total. The molecule has 2 aromatic carbocycles. The van der Waals surface area contributed by atoms with Gasteiger partial charge in [-0.15, -0.1) is 0 Å². The number of anilines is 1. The number of aromatic nitrogens is 2. The van der Waals surface area contributed by atoms with Crippen molar-refractivity contribution >= 4 is 32.9 Å². The maximum Gasteiger partial charge on any atom is 0.243 e. The molecule has 0 unspecified atom stereocenters. The second-order valence-electron chi connectivity index (χ2n) is 9.39. The van der Waals surface area contributed by atoms with Crippen molar-refractivity contribution in [3.05, 3.63) is 54.1 Å². The third-order valence-corrected chi connectivity index (χ3v) is 9.13. The van der Waals surface area contributed by atoms with Gasteiger partial charge < -0.3 is 4.57 Å². The number of fused-ring (bicyclic) bond motifs is 1. The summed E-state index contributed by atoms with van der Waals surface area (Å²) in [5.41, 5.74) is 2.33. The summed E-state index contributed by atoms with van der Waals surface area (Å²) >= 11 is 0. The normalized spacial score (nSPS) is 18.4.